The van der Waals surface area contributed by atoms with Crippen molar-refractivity contribution in [1.82, 2.24) is 5.43 Å². The predicted molar refractivity (Wildman–Crippen MR) is 65.7 cm³/mol. The third-order valence-electron chi connectivity index (χ3n) is 2.85. The summed E-state index contributed by atoms with van der Waals surface area (Å²) in [5, 5.41) is 0. The highest BCUT2D eigenvalue weighted by Gasteiger charge is 2.10. The smallest absolute Gasteiger partial charge is 0.265 e. The second-order valence-electron chi connectivity index (χ2n) is 3.97. The van der Waals surface area contributed by atoms with Crippen molar-refractivity contribution in [1.29, 1.82) is 0 Å². The number of amides is 1. The van der Waals surface area contributed by atoms with Crippen molar-refractivity contribution in [2.45, 2.75) is 6.42 Å². The molecule has 1 heterocycles. The number of nitrogens with zero attached hydrogens (tertiary/aromatic N) is 1. The summed E-state index contributed by atoms with van der Waals surface area (Å²) in [6.45, 7) is 3.46. The Hall–Kier alpha value is -1.59. The van der Waals surface area contributed by atoms with Gasteiger partial charge in [-0.1, -0.05) is 0 Å². The van der Waals surface area contributed by atoms with Crippen molar-refractivity contribution >= 4 is 11.6 Å². The molecule has 5 heteroatoms. The lowest BCUT2D eigenvalue weighted by atomic mass is 10.2. The fourth-order valence-electron chi connectivity index (χ4n) is 1.91. The molecule has 17 heavy (non-hydrogen) atoms. The molecule has 0 aliphatic carbocycles. The predicted octanol–water partition coefficient (Wildman–Crippen LogP) is 0.517. The number of carbonyl (C=O) groups is 1. The molecule has 3 N–H and O–H groups in total. The van der Waals surface area contributed by atoms with Crippen molar-refractivity contribution in [3.63, 3.8) is 0 Å². The van der Waals surface area contributed by atoms with Crippen LogP contribution in [0.15, 0.2) is 24.3 Å². The van der Waals surface area contributed by atoms with E-state index in [1.54, 1.807) is 12.1 Å². The Kier molecular flexibility index (Phi) is 3.95. The number of nitrogens with one attached hydrogen (secondary N) is 1. The molecular weight excluding hydrogens is 218 g/mol. The molecule has 0 atom stereocenters. The highest BCUT2D eigenvalue weighted by atomic mass is 16.5. The topological polar surface area (TPSA) is 67.6 Å². The number of benzene rings is 1. The van der Waals surface area contributed by atoms with Crippen LogP contribution >= 0.6 is 0 Å². The Morgan fingerprint density at radius 3 is 2.71 bits per heavy atom. The Morgan fingerprint density at radius 2 is 2.00 bits per heavy atom. The molecule has 1 aliphatic rings. The van der Waals surface area contributed by atoms with Gasteiger partial charge in [0.1, 0.15) is 0 Å². The summed E-state index contributed by atoms with van der Waals surface area (Å²) in [5.41, 5.74) is 3.80. The van der Waals surface area contributed by atoms with Gasteiger partial charge in [-0.15, -0.1) is 0 Å². The summed E-state index contributed by atoms with van der Waals surface area (Å²) < 4.78 is 5.40. The molecule has 0 radical (unpaired) electrons. The van der Waals surface area contributed by atoms with E-state index in [0.29, 0.717) is 5.56 Å². The van der Waals surface area contributed by atoms with Gasteiger partial charge in [-0.3, -0.25) is 10.2 Å². The molecule has 0 spiro atoms. The van der Waals surface area contributed by atoms with E-state index in [-0.39, 0.29) is 5.91 Å². The van der Waals surface area contributed by atoms with Crippen LogP contribution in [0.2, 0.25) is 0 Å². The van der Waals surface area contributed by atoms with Gasteiger partial charge in [0, 0.05) is 30.9 Å². The van der Waals surface area contributed by atoms with Gasteiger partial charge in [0.15, 0.2) is 0 Å². The number of nitrogen functional groups attached to an aromatic ring is 1. The zero-order chi connectivity index (χ0) is 12.1. The first-order valence-corrected chi connectivity index (χ1v) is 5.75. The molecule has 92 valence electrons. The van der Waals surface area contributed by atoms with Crippen LogP contribution in [-0.2, 0) is 4.74 Å². The fraction of sp³-hybridized carbons (Fsp3) is 0.417. The van der Waals surface area contributed by atoms with Crippen molar-refractivity contribution < 1.29 is 9.53 Å². The maximum Gasteiger partial charge on any atom is 0.265 e. The molecule has 0 saturated carbocycles. The monoisotopic (exact) mass is 235 g/mol. The number of nitrogens with two attached hydrogens (primary N) is 1. The summed E-state index contributed by atoms with van der Waals surface area (Å²) in [6.07, 6.45) is 1.03. The van der Waals surface area contributed by atoms with E-state index >= 15 is 0 Å². The SMILES string of the molecule is NNC(=O)c1ccc(N2CCCOCC2)cc1. The van der Waals surface area contributed by atoms with Crippen LogP contribution in [0.25, 0.3) is 0 Å². The molecule has 5 nitrogen and oxygen atoms in total. The maximum absolute atomic E-state index is 11.3. The second-order valence-corrected chi connectivity index (χ2v) is 3.97. The molecule has 0 bridgehead atoms. The van der Waals surface area contributed by atoms with Gasteiger partial charge < -0.3 is 9.64 Å². The largest absolute Gasteiger partial charge is 0.380 e. The fourth-order valence-corrected chi connectivity index (χ4v) is 1.91. The van der Waals surface area contributed by atoms with E-state index in [0.717, 1.165) is 38.4 Å². The lowest BCUT2D eigenvalue weighted by molar-refractivity contribution is 0.0953. The van der Waals surface area contributed by atoms with Gasteiger partial charge in [0.05, 0.1) is 6.61 Å². The van der Waals surface area contributed by atoms with Crippen molar-refractivity contribution in [2.75, 3.05) is 31.2 Å². The Morgan fingerprint density at radius 1 is 1.24 bits per heavy atom. The Bertz CT molecular complexity index is 370. The summed E-state index contributed by atoms with van der Waals surface area (Å²) in [7, 11) is 0. The first-order chi connectivity index (χ1) is 8.31. The van der Waals surface area contributed by atoms with E-state index in [9.17, 15) is 4.79 Å². The van der Waals surface area contributed by atoms with E-state index in [1.165, 1.54) is 0 Å². The quantitative estimate of drug-likeness (QED) is 0.445. The number of hydrogen-bond acceptors (Lipinski definition) is 4. The van der Waals surface area contributed by atoms with Gasteiger partial charge in [-0.25, -0.2) is 5.84 Å². The molecule has 1 fully saturated rings. The number of ether oxygens (including phenoxy) is 1. The molecule has 1 aromatic carbocycles. The third kappa shape index (κ3) is 2.95. The summed E-state index contributed by atoms with van der Waals surface area (Å²) >= 11 is 0. The summed E-state index contributed by atoms with van der Waals surface area (Å²) in [6, 6.07) is 7.44. The minimum absolute atomic E-state index is 0.268. The average molecular weight is 235 g/mol. The van der Waals surface area contributed by atoms with Crippen LogP contribution in [0.4, 0.5) is 5.69 Å². The molecule has 1 aliphatic heterocycles. The van der Waals surface area contributed by atoms with Crippen LogP contribution in [0.5, 0.6) is 0 Å². The van der Waals surface area contributed by atoms with Gasteiger partial charge >= 0.3 is 0 Å². The molecule has 1 aromatic rings. The van der Waals surface area contributed by atoms with Crippen LogP contribution < -0.4 is 16.2 Å². The summed E-state index contributed by atoms with van der Waals surface area (Å²) in [4.78, 5) is 13.5. The normalized spacial score (nSPS) is 16.4. The van der Waals surface area contributed by atoms with Gasteiger partial charge in [-0.2, -0.15) is 0 Å². The molecule has 1 saturated heterocycles. The van der Waals surface area contributed by atoms with E-state index in [2.05, 4.69) is 10.3 Å². The zero-order valence-corrected chi connectivity index (χ0v) is 9.69. The molecule has 0 aromatic heterocycles. The standard InChI is InChI=1S/C12H17N3O2/c13-14-12(16)10-2-4-11(5-3-10)15-6-1-8-17-9-7-15/h2-5H,1,6-9,13H2,(H,14,16). The van der Waals surface area contributed by atoms with Crippen LogP contribution in [0, 0.1) is 0 Å². The van der Waals surface area contributed by atoms with Gasteiger partial charge in [0.2, 0.25) is 0 Å². The maximum atomic E-state index is 11.3. The van der Waals surface area contributed by atoms with Crippen molar-refractivity contribution in [3.8, 4) is 0 Å². The number of hydrogen-bond donors (Lipinski definition) is 2. The molecule has 1 amide bonds. The highest BCUT2D eigenvalue weighted by Crippen LogP contribution is 2.16. The van der Waals surface area contributed by atoms with Gasteiger partial charge in [0.25, 0.3) is 5.91 Å². The van der Waals surface area contributed by atoms with Crippen LogP contribution in [0.1, 0.15) is 16.8 Å². The number of hydrazine groups is 1. The van der Waals surface area contributed by atoms with Crippen LogP contribution in [0.3, 0.4) is 0 Å². The average Bonchev–Trinajstić information content (AvgIpc) is 2.67. The van der Waals surface area contributed by atoms with Crippen molar-refractivity contribution in [3.05, 3.63) is 29.8 Å². The molecule has 0 unspecified atom stereocenters. The first-order valence-electron chi connectivity index (χ1n) is 5.75. The Labute approximate surface area is 101 Å². The molecule has 2 rings (SSSR count). The Balaban J connectivity index is 2.08. The van der Waals surface area contributed by atoms with Gasteiger partial charge in [-0.05, 0) is 30.7 Å². The minimum atomic E-state index is -0.268. The summed E-state index contributed by atoms with van der Waals surface area (Å²) in [5.74, 6) is 4.81. The lowest BCUT2D eigenvalue weighted by Gasteiger charge is -2.21. The molecular formula is C12H17N3O2. The van der Waals surface area contributed by atoms with Crippen molar-refractivity contribution in [2.24, 2.45) is 5.84 Å². The zero-order valence-electron chi connectivity index (χ0n) is 9.69. The second kappa shape index (κ2) is 5.65. The van der Waals surface area contributed by atoms with Crippen LogP contribution in [-0.4, -0.2) is 32.2 Å². The van der Waals surface area contributed by atoms with E-state index in [1.807, 2.05) is 12.1 Å². The highest BCUT2D eigenvalue weighted by molar-refractivity contribution is 5.94. The number of anilines is 1. The minimum Gasteiger partial charge on any atom is -0.380 e. The van der Waals surface area contributed by atoms with E-state index < -0.39 is 0 Å². The lowest BCUT2D eigenvalue weighted by Crippen LogP contribution is -2.30. The third-order valence-corrected chi connectivity index (χ3v) is 2.85. The number of carbonyl (C=O) groups excluding carboxylic acids is 1. The number of rotatable bonds is 2. The first kappa shape index (κ1) is 11.9. The van der Waals surface area contributed by atoms with E-state index in [4.69, 9.17) is 10.6 Å².